The van der Waals surface area contributed by atoms with Gasteiger partial charge in [0, 0.05) is 13.1 Å². The minimum atomic E-state index is -0.476. The molecule has 150 valence electrons. The monoisotopic (exact) mass is 379 g/mol. The van der Waals surface area contributed by atoms with E-state index < -0.39 is 5.97 Å². The number of likely N-dealkylation sites (tertiary alicyclic amines) is 1. The zero-order valence-corrected chi connectivity index (χ0v) is 16.7. The molecule has 27 heavy (non-hydrogen) atoms. The van der Waals surface area contributed by atoms with Crippen molar-refractivity contribution in [2.75, 3.05) is 41.0 Å². The quantitative estimate of drug-likeness (QED) is 0.677. The fraction of sp³-hybridized carbons (Fsp3) is 0.600. The van der Waals surface area contributed by atoms with Gasteiger partial charge in [-0.05, 0) is 36.0 Å². The highest BCUT2D eigenvalue weighted by Crippen LogP contribution is 2.38. The lowest BCUT2D eigenvalue weighted by molar-refractivity contribution is -0.152. The van der Waals surface area contributed by atoms with E-state index in [1.165, 1.54) is 21.3 Å². The van der Waals surface area contributed by atoms with Crippen LogP contribution in [0.3, 0.4) is 0 Å². The number of carbonyl (C=O) groups is 2. The summed E-state index contributed by atoms with van der Waals surface area (Å²) in [5.74, 6) is 1.70. The zero-order valence-electron chi connectivity index (χ0n) is 16.7. The molecule has 0 aliphatic carbocycles. The Hall–Kier alpha value is -2.44. The number of piperidine rings is 1. The highest BCUT2D eigenvalue weighted by molar-refractivity contribution is 5.81. The first-order valence-electron chi connectivity index (χ1n) is 9.10. The van der Waals surface area contributed by atoms with Crippen LogP contribution in [0.2, 0.25) is 0 Å². The normalized spacial score (nSPS) is 19.4. The Labute approximate surface area is 160 Å². The number of carbonyl (C=O) groups excluding carboxylic acids is 2. The van der Waals surface area contributed by atoms with Crippen LogP contribution < -0.4 is 14.2 Å². The Bertz CT molecular complexity index is 639. The Balaban J connectivity index is 1.94. The van der Waals surface area contributed by atoms with Crippen LogP contribution in [-0.2, 0) is 20.7 Å². The number of benzene rings is 1. The van der Waals surface area contributed by atoms with Gasteiger partial charge in [-0.25, -0.2) is 0 Å². The van der Waals surface area contributed by atoms with Gasteiger partial charge in [-0.2, -0.15) is 0 Å². The second-order valence-electron chi connectivity index (χ2n) is 7.12. The summed E-state index contributed by atoms with van der Waals surface area (Å²) in [5.41, 5.74) is 0.655. The molecule has 1 saturated heterocycles. The molecule has 7 heteroatoms. The first-order valence-corrected chi connectivity index (χ1v) is 9.10. The minimum Gasteiger partial charge on any atom is -0.493 e. The number of nitrogens with zero attached hydrogens (tertiary/aromatic N) is 1. The molecule has 7 nitrogen and oxygen atoms in total. The molecule has 1 heterocycles. The Morgan fingerprint density at radius 1 is 1.00 bits per heavy atom. The van der Waals surface area contributed by atoms with Gasteiger partial charge in [-0.15, -0.1) is 0 Å². The molecule has 2 atom stereocenters. The SMILES string of the molecule is COc1cc(CC(=O)OCC(=O)N2C[C@H](C)C[C@H](C)C2)cc(OC)c1OC. The largest absolute Gasteiger partial charge is 0.493 e. The molecule has 1 aliphatic heterocycles. The zero-order chi connectivity index (χ0) is 20.0. The highest BCUT2D eigenvalue weighted by atomic mass is 16.5. The molecule has 0 aromatic heterocycles. The maximum atomic E-state index is 12.3. The van der Waals surface area contributed by atoms with Crippen LogP contribution in [-0.4, -0.2) is 57.8 Å². The number of esters is 1. The van der Waals surface area contributed by atoms with E-state index in [4.69, 9.17) is 18.9 Å². The van der Waals surface area contributed by atoms with Crippen LogP contribution in [0.4, 0.5) is 0 Å². The van der Waals surface area contributed by atoms with E-state index in [9.17, 15) is 9.59 Å². The van der Waals surface area contributed by atoms with E-state index in [0.717, 1.165) is 6.42 Å². The van der Waals surface area contributed by atoms with Crippen LogP contribution >= 0.6 is 0 Å². The summed E-state index contributed by atoms with van der Waals surface area (Å²) in [5, 5.41) is 0. The fourth-order valence-electron chi connectivity index (χ4n) is 3.56. The lowest BCUT2D eigenvalue weighted by Crippen LogP contribution is -2.44. The van der Waals surface area contributed by atoms with Gasteiger partial charge in [0.05, 0.1) is 27.8 Å². The van der Waals surface area contributed by atoms with E-state index >= 15 is 0 Å². The van der Waals surface area contributed by atoms with E-state index in [1.807, 2.05) is 0 Å². The van der Waals surface area contributed by atoms with Crippen molar-refractivity contribution < 1.29 is 28.5 Å². The summed E-state index contributed by atoms with van der Waals surface area (Å²) in [6, 6.07) is 3.39. The molecule has 0 bridgehead atoms. The van der Waals surface area contributed by atoms with Crippen molar-refractivity contribution in [3.8, 4) is 17.2 Å². The first kappa shape index (κ1) is 20.9. The number of methoxy groups -OCH3 is 3. The van der Waals surface area contributed by atoms with Crippen LogP contribution in [0.1, 0.15) is 25.8 Å². The summed E-state index contributed by atoms with van der Waals surface area (Å²) in [6.45, 7) is 5.46. The van der Waals surface area contributed by atoms with Gasteiger partial charge in [0.15, 0.2) is 18.1 Å². The predicted molar refractivity (Wildman–Crippen MR) is 100 cm³/mol. The number of ether oxygens (including phenoxy) is 4. The van der Waals surface area contributed by atoms with Gasteiger partial charge < -0.3 is 23.8 Å². The lowest BCUT2D eigenvalue weighted by atomic mass is 9.92. The molecule has 1 fully saturated rings. The number of amides is 1. The first-order chi connectivity index (χ1) is 12.9. The van der Waals surface area contributed by atoms with Crippen molar-refractivity contribution in [2.45, 2.75) is 26.7 Å². The van der Waals surface area contributed by atoms with E-state index in [1.54, 1.807) is 17.0 Å². The lowest BCUT2D eigenvalue weighted by Gasteiger charge is -2.34. The van der Waals surface area contributed by atoms with Gasteiger partial charge >= 0.3 is 5.97 Å². The molecule has 0 spiro atoms. The molecule has 0 saturated carbocycles. The topological polar surface area (TPSA) is 74.3 Å². The van der Waals surface area contributed by atoms with Crippen molar-refractivity contribution in [2.24, 2.45) is 11.8 Å². The summed E-state index contributed by atoms with van der Waals surface area (Å²) < 4.78 is 21.0. The summed E-state index contributed by atoms with van der Waals surface area (Å²) in [4.78, 5) is 26.3. The van der Waals surface area contributed by atoms with E-state index in [0.29, 0.717) is 47.7 Å². The average Bonchev–Trinajstić information content (AvgIpc) is 2.64. The minimum absolute atomic E-state index is 0.0107. The third kappa shape index (κ3) is 5.52. The number of hydrogen-bond donors (Lipinski definition) is 0. The summed E-state index contributed by atoms with van der Waals surface area (Å²) in [7, 11) is 4.54. The third-order valence-corrected chi connectivity index (χ3v) is 4.65. The third-order valence-electron chi connectivity index (χ3n) is 4.65. The molecular weight excluding hydrogens is 350 g/mol. The number of rotatable bonds is 7. The number of hydrogen-bond acceptors (Lipinski definition) is 6. The van der Waals surface area contributed by atoms with Crippen LogP contribution in [0.5, 0.6) is 17.2 Å². The van der Waals surface area contributed by atoms with Crippen LogP contribution in [0, 0.1) is 11.8 Å². The molecular formula is C20H29NO6. The second-order valence-corrected chi connectivity index (χ2v) is 7.12. The molecule has 0 radical (unpaired) electrons. The van der Waals surface area contributed by atoms with Crippen molar-refractivity contribution in [3.63, 3.8) is 0 Å². The van der Waals surface area contributed by atoms with E-state index in [2.05, 4.69) is 13.8 Å². The predicted octanol–water partition coefficient (Wildman–Crippen LogP) is 2.30. The maximum Gasteiger partial charge on any atom is 0.310 e. The molecule has 2 rings (SSSR count). The average molecular weight is 379 g/mol. The Kier molecular flexibility index (Phi) is 7.33. The van der Waals surface area contributed by atoms with Gasteiger partial charge in [0.2, 0.25) is 5.75 Å². The molecule has 0 N–H and O–H groups in total. The van der Waals surface area contributed by atoms with E-state index in [-0.39, 0.29) is 18.9 Å². The smallest absolute Gasteiger partial charge is 0.310 e. The van der Waals surface area contributed by atoms with Crippen LogP contribution in [0.25, 0.3) is 0 Å². The summed E-state index contributed by atoms with van der Waals surface area (Å²) >= 11 is 0. The summed E-state index contributed by atoms with van der Waals surface area (Å²) in [6.07, 6.45) is 1.13. The van der Waals surface area contributed by atoms with Crippen LogP contribution in [0.15, 0.2) is 12.1 Å². The molecule has 1 aliphatic rings. The molecule has 1 aromatic carbocycles. The van der Waals surface area contributed by atoms with Gasteiger partial charge in [0.25, 0.3) is 5.91 Å². The molecule has 0 unspecified atom stereocenters. The Morgan fingerprint density at radius 2 is 1.56 bits per heavy atom. The standard InChI is InChI=1S/C20H29NO6/c1-13-6-14(2)11-21(10-13)18(22)12-27-19(23)9-15-7-16(24-3)20(26-5)17(8-15)25-4/h7-8,13-14H,6,9-12H2,1-5H3/t13-,14+. The van der Waals surface area contributed by atoms with Crippen molar-refractivity contribution >= 4 is 11.9 Å². The molecule has 1 amide bonds. The van der Waals surface area contributed by atoms with Crippen molar-refractivity contribution in [1.29, 1.82) is 0 Å². The van der Waals surface area contributed by atoms with Crippen molar-refractivity contribution in [1.82, 2.24) is 4.90 Å². The maximum absolute atomic E-state index is 12.3. The second kappa shape index (κ2) is 9.48. The highest BCUT2D eigenvalue weighted by Gasteiger charge is 2.26. The van der Waals surface area contributed by atoms with Gasteiger partial charge in [-0.1, -0.05) is 13.8 Å². The Morgan fingerprint density at radius 3 is 2.04 bits per heavy atom. The fourth-order valence-corrected chi connectivity index (χ4v) is 3.56. The van der Waals surface area contributed by atoms with Gasteiger partial charge in [0.1, 0.15) is 0 Å². The molecule has 1 aromatic rings. The van der Waals surface area contributed by atoms with Crippen molar-refractivity contribution in [3.05, 3.63) is 17.7 Å². The van der Waals surface area contributed by atoms with Gasteiger partial charge in [-0.3, -0.25) is 9.59 Å².